The number of carbonyl (C=O) groups excluding carboxylic acids is 2. The fraction of sp³-hybridized carbons (Fsp3) is 0.619. The van der Waals surface area contributed by atoms with Crippen LogP contribution in [0.25, 0.3) is 0 Å². The molecule has 3 N–H and O–H groups in total. The van der Waals surface area contributed by atoms with Crippen molar-refractivity contribution in [2.24, 2.45) is 11.8 Å². The molecule has 0 aromatic heterocycles. The standard InChI is InChI=1S/C13H16N2O2.C8H19O3P/c1-2-3-9-11-12(16)14-15(13(11)17)10-7-5-4-6-8-10;1-3-5-6-8(4-2)7-12(9,10)11/h4-8,11H,2-3,9H2,1H3,(H,14,16);8H,3-7H2,1-2H3,(H2,9,10,11). The molecule has 1 aliphatic heterocycles. The van der Waals surface area contributed by atoms with Gasteiger partial charge < -0.3 is 9.79 Å². The average molecular weight is 426 g/mol. The Balaban J connectivity index is 0.000000311. The number of hydrogen-bond donors (Lipinski definition) is 3. The van der Waals surface area contributed by atoms with Crippen LogP contribution in [0.2, 0.25) is 0 Å². The van der Waals surface area contributed by atoms with Crippen LogP contribution in [-0.4, -0.2) is 27.8 Å². The lowest BCUT2D eigenvalue weighted by Gasteiger charge is -2.14. The van der Waals surface area contributed by atoms with E-state index in [1.165, 1.54) is 5.01 Å². The number of para-hydroxylation sites is 1. The zero-order valence-corrected chi connectivity index (χ0v) is 18.6. The second-order valence-electron chi connectivity index (χ2n) is 7.44. The summed E-state index contributed by atoms with van der Waals surface area (Å²) in [7, 11) is -3.78. The van der Waals surface area contributed by atoms with E-state index in [-0.39, 0.29) is 23.9 Å². The number of carbonyl (C=O) groups is 2. The Hall–Kier alpha value is -1.69. The first-order valence-electron chi connectivity index (χ1n) is 10.5. The molecule has 0 aliphatic carbocycles. The minimum absolute atomic E-state index is 0.0590. The number of benzene rings is 1. The smallest absolute Gasteiger partial charge is 0.324 e. The van der Waals surface area contributed by atoms with Crippen LogP contribution < -0.4 is 10.4 Å². The molecular formula is C21H35N2O5P. The van der Waals surface area contributed by atoms with Gasteiger partial charge in [-0.15, -0.1) is 0 Å². The van der Waals surface area contributed by atoms with Crippen molar-refractivity contribution in [1.82, 2.24) is 5.43 Å². The van der Waals surface area contributed by atoms with Crippen molar-refractivity contribution in [3.8, 4) is 0 Å². The molecule has 0 bridgehead atoms. The van der Waals surface area contributed by atoms with Gasteiger partial charge in [0.15, 0.2) is 0 Å². The third-order valence-corrected chi connectivity index (χ3v) is 5.95. The predicted octanol–water partition coefficient (Wildman–Crippen LogP) is 4.25. The largest absolute Gasteiger partial charge is 0.325 e. The first-order chi connectivity index (χ1) is 13.7. The van der Waals surface area contributed by atoms with Crippen LogP contribution >= 0.6 is 7.60 Å². The summed E-state index contributed by atoms with van der Waals surface area (Å²) in [5.74, 6) is -0.650. The fourth-order valence-corrected chi connectivity index (χ4v) is 4.31. The summed E-state index contributed by atoms with van der Waals surface area (Å²) in [4.78, 5) is 41.2. The van der Waals surface area contributed by atoms with Crippen molar-refractivity contribution >= 4 is 25.1 Å². The summed E-state index contributed by atoms with van der Waals surface area (Å²) in [6, 6.07) is 9.17. The quantitative estimate of drug-likeness (QED) is 0.383. The molecule has 1 saturated heterocycles. The van der Waals surface area contributed by atoms with Gasteiger partial charge >= 0.3 is 7.60 Å². The molecule has 2 amide bonds. The molecule has 2 atom stereocenters. The molecule has 2 rings (SSSR count). The zero-order valence-electron chi connectivity index (χ0n) is 17.7. The van der Waals surface area contributed by atoms with Crippen LogP contribution in [0.1, 0.15) is 65.7 Å². The lowest BCUT2D eigenvalue weighted by atomic mass is 10.0. The van der Waals surface area contributed by atoms with Gasteiger partial charge in [-0.25, -0.2) is 5.01 Å². The number of hydrogen-bond acceptors (Lipinski definition) is 3. The van der Waals surface area contributed by atoms with E-state index >= 15 is 0 Å². The number of anilines is 1. The van der Waals surface area contributed by atoms with Crippen LogP contribution in [0, 0.1) is 11.8 Å². The number of hydrazine groups is 1. The summed E-state index contributed by atoms with van der Waals surface area (Å²) in [6.45, 7) is 6.12. The summed E-state index contributed by atoms with van der Waals surface area (Å²) in [5.41, 5.74) is 3.34. The first kappa shape index (κ1) is 25.3. The minimum Gasteiger partial charge on any atom is -0.324 e. The maximum atomic E-state index is 12.1. The molecule has 0 saturated carbocycles. The van der Waals surface area contributed by atoms with E-state index in [0.717, 1.165) is 38.5 Å². The van der Waals surface area contributed by atoms with Gasteiger partial charge in [0.1, 0.15) is 5.92 Å². The van der Waals surface area contributed by atoms with E-state index in [2.05, 4.69) is 12.3 Å². The highest BCUT2D eigenvalue weighted by atomic mass is 31.2. The third kappa shape index (κ3) is 9.11. The third-order valence-electron chi connectivity index (χ3n) is 4.96. The van der Waals surface area contributed by atoms with Crippen molar-refractivity contribution in [3.05, 3.63) is 30.3 Å². The second kappa shape index (κ2) is 12.8. The van der Waals surface area contributed by atoms with E-state index in [1.807, 2.05) is 32.0 Å². The number of nitrogens with zero attached hydrogens (tertiary/aromatic N) is 1. The van der Waals surface area contributed by atoms with E-state index in [1.54, 1.807) is 12.1 Å². The van der Waals surface area contributed by atoms with Crippen LogP contribution in [0.4, 0.5) is 5.69 Å². The van der Waals surface area contributed by atoms with Crippen molar-refractivity contribution < 1.29 is 23.9 Å². The van der Waals surface area contributed by atoms with E-state index in [0.29, 0.717) is 12.1 Å². The van der Waals surface area contributed by atoms with E-state index in [4.69, 9.17) is 9.79 Å². The minimum atomic E-state index is -3.78. The number of nitrogens with one attached hydrogen (secondary N) is 1. The Labute approximate surface area is 174 Å². The molecule has 1 aliphatic rings. The molecule has 1 aromatic carbocycles. The molecule has 0 radical (unpaired) electrons. The van der Waals surface area contributed by atoms with E-state index in [9.17, 15) is 14.2 Å². The lowest BCUT2D eigenvalue weighted by molar-refractivity contribution is -0.127. The molecule has 8 heteroatoms. The van der Waals surface area contributed by atoms with E-state index < -0.39 is 13.5 Å². The Kier molecular flexibility index (Phi) is 11.2. The maximum absolute atomic E-state index is 12.1. The van der Waals surface area contributed by atoms with Crippen LogP contribution in [0.5, 0.6) is 0 Å². The number of amides is 2. The normalized spacial score (nSPS) is 17.6. The summed E-state index contributed by atoms with van der Waals surface area (Å²) in [5, 5.41) is 1.35. The Morgan fingerprint density at radius 2 is 1.69 bits per heavy atom. The molecule has 1 fully saturated rings. The van der Waals surface area contributed by atoms with Crippen molar-refractivity contribution in [2.75, 3.05) is 11.2 Å². The van der Waals surface area contributed by atoms with Gasteiger partial charge in [0, 0.05) is 0 Å². The first-order valence-corrected chi connectivity index (χ1v) is 12.3. The summed E-state index contributed by atoms with van der Waals surface area (Å²) < 4.78 is 10.7. The summed E-state index contributed by atoms with van der Waals surface area (Å²) in [6.07, 6.45) is 6.54. The monoisotopic (exact) mass is 426 g/mol. The lowest BCUT2D eigenvalue weighted by Crippen LogP contribution is -2.35. The highest BCUT2D eigenvalue weighted by Crippen LogP contribution is 2.39. The van der Waals surface area contributed by atoms with Gasteiger partial charge in [-0.3, -0.25) is 19.6 Å². The Bertz CT molecular complexity index is 677. The van der Waals surface area contributed by atoms with Crippen LogP contribution in [0.3, 0.4) is 0 Å². The highest BCUT2D eigenvalue weighted by molar-refractivity contribution is 7.51. The molecule has 7 nitrogen and oxygen atoms in total. The Morgan fingerprint density at radius 1 is 1.07 bits per heavy atom. The summed E-state index contributed by atoms with van der Waals surface area (Å²) >= 11 is 0. The molecule has 2 unspecified atom stereocenters. The van der Waals surface area contributed by atoms with Crippen molar-refractivity contribution in [2.45, 2.75) is 65.7 Å². The van der Waals surface area contributed by atoms with Gasteiger partial charge in [0.2, 0.25) is 0 Å². The second-order valence-corrected chi connectivity index (χ2v) is 9.14. The van der Waals surface area contributed by atoms with Gasteiger partial charge in [-0.1, -0.05) is 71.1 Å². The molecule has 164 valence electrons. The molecule has 0 spiro atoms. The van der Waals surface area contributed by atoms with Gasteiger partial charge in [-0.05, 0) is 30.9 Å². The van der Waals surface area contributed by atoms with Crippen molar-refractivity contribution in [3.63, 3.8) is 0 Å². The molecule has 1 heterocycles. The zero-order chi connectivity index (χ0) is 21.9. The van der Waals surface area contributed by atoms with Gasteiger partial charge in [0.05, 0.1) is 11.8 Å². The SMILES string of the molecule is CCCCC(CC)CP(=O)(O)O.CCCCC1C(=O)NN(c2ccccc2)C1=O. The maximum Gasteiger partial charge on any atom is 0.325 e. The molecular weight excluding hydrogens is 391 g/mol. The average Bonchev–Trinajstić information content (AvgIpc) is 2.97. The highest BCUT2D eigenvalue weighted by Gasteiger charge is 2.39. The Morgan fingerprint density at radius 3 is 2.21 bits per heavy atom. The predicted molar refractivity (Wildman–Crippen MR) is 115 cm³/mol. The van der Waals surface area contributed by atoms with Gasteiger partial charge in [-0.2, -0.15) is 0 Å². The van der Waals surface area contributed by atoms with Crippen molar-refractivity contribution in [1.29, 1.82) is 0 Å². The number of rotatable bonds is 10. The number of unbranched alkanes of at least 4 members (excludes halogenated alkanes) is 2. The fourth-order valence-electron chi connectivity index (χ4n) is 3.20. The topological polar surface area (TPSA) is 107 Å². The van der Waals surface area contributed by atoms with Crippen LogP contribution in [-0.2, 0) is 14.2 Å². The van der Waals surface area contributed by atoms with Crippen LogP contribution in [0.15, 0.2) is 30.3 Å². The molecule has 29 heavy (non-hydrogen) atoms. The molecule has 1 aromatic rings. The van der Waals surface area contributed by atoms with Gasteiger partial charge in [0.25, 0.3) is 11.8 Å².